The molecule has 0 radical (unpaired) electrons. The molecule has 7 nitrogen and oxygen atoms in total. The van der Waals surface area contributed by atoms with E-state index < -0.39 is 0 Å². The molecule has 2 aliphatic rings. The van der Waals surface area contributed by atoms with E-state index in [1.807, 2.05) is 9.58 Å². The van der Waals surface area contributed by atoms with Crippen molar-refractivity contribution in [2.45, 2.75) is 45.4 Å². The lowest BCUT2D eigenvalue weighted by molar-refractivity contribution is -0.142. The number of carbonyl (C=O) groups is 1. The number of benzene rings is 1. The van der Waals surface area contributed by atoms with Crippen molar-refractivity contribution in [3.63, 3.8) is 0 Å². The molecule has 3 heterocycles. The average molecular weight is 448 g/mol. The molecule has 9 heteroatoms. The summed E-state index contributed by atoms with van der Waals surface area (Å²) in [4.78, 5) is 16.7. The molecule has 2 fully saturated rings. The molecule has 30 heavy (non-hydrogen) atoms. The molecule has 1 atom stereocenters. The maximum atomic E-state index is 12.5. The number of aromatic nitrogens is 2. The van der Waals surface area contributed by atoms with Crippen molar-refractivity contribution in [3.8, 4) is 0 Å². The van der Waals surface area contributed by atoms with Crippen molar-refractivity contribution >= 4 is 40.3 Å². The highest BCUT2D eigenvalue weighted by molar-refractivity contribution is 7.73. The fourth-order valence-electron chi connectivity index (χ4n) is 3.80. The number of nitrogens with zero attached hydrogens (tertiary/aromatic N) is 4. The lowest BCUT2D eigenvalue weighted by Gasteiger charge is -2.35. The molecule has 0 aliphatic carbocycles. The standard InChI is InChI=1S/C21H29N5O2S2/c1-15(2)16-5-7-17(8-6-16)22-20-23-26(21(29)30-20)14-24-9-11-25(12-10-24)19(27)18-4-3-13-28-18/h5-8,15,18H,3-4,9-14H2,1-2H3,(H,22,23)/t18-/m0/s1. The van der Waals surface area contributed by atoms with Crippen LogP contribution in [0.5, 0.6) is 0 Å². The van der Waals surface area contributed by atoms with Gasteiger partial charge in [-0.15, -0.1) is 5.10 Å². The van der Waals surface area contributed by atoms with E-state index in [2.05, 4.69) is 53.4 Å². The topological polar surface area (TPSA) is 62.6 Å². The smallest absolute Gasteiger partial charge is 0.251 e. The van der Waals surface area contributed by atoms with Crippen molar-refractivity contribution in [1.29, 1.82) is 0 Å². The maximum Gasteiger partial charge on any atom is 0.251 e. The molecular formula is C21H29N5O2S2. The fraction of sp³-hybridized carbons (Fsp3) is 0.571. The van der Waals surface area contributed by atoms with Crippen LogP contribution in [0.2, 0.25) is 0 Å². The number of amides is 1. The van der Waals surface area contributed by atoms with Gasteiger partial charge >= 0.3 is 0 Å². The van der Waals surface area contributed by atoms with Crippen LogP contribution in [0.1, 0.15) is 38.2 Å². The summed E-state index contributed by atoms with van der Waals surface area (Å²) in [6.07, 6.45) is 1.60. The van der Waals surface area contributed by atoms with Crippen molar-refractivity contribution < 1.29 is 9.53 Å². The van der Waals surface area contributed by atoms with Gasteiger partial charge in [-0.2, -0.15) is 0 Å². The second-order valence-corrected chi connectivity index (χ2v) is 9.78. The Morgan fingerprint density at radius 2 is 2.00 bits per heavy atom. The van der Waals surface area contributed by atoms with E-state index in [1.54, 1.807) is 0 Å². The van der Waals surface area contributed by atoms with E-state index in [0.29, 0.717) is 19.2 Å². The van der Waals surface area contributed by atoms with Crippen LogP contribution in [0, 0.1) is 3.95 Å². The van der Waals surface area contributed by atoms with Crippen molar-refractivity contribution in [2.75, 3.05) is 38.1 Å². The van der Waals surface area contributed by atoms with Crippen LogP contribution in [0.4, 0.5) is 10.8 Å². The normalized spacial score (nSPS) is 20.1. The number of hydrogen-bond donors (Lipinski definition) is 1. The summed E-state index contributed by atoms with van der Waals surface area (Å²) in [5, 5.41) is 8.80. The fourth-order valence-corrected chi connectivity index (χ4v) is 4.81. The second-order valence-electron chi connectivity index (χ2n) is 8.16. The van der Waals surface area contributed by atoms with Gasteiger partial charge in [-0.25, -0.2) is 4.68 Å². The molecule has 1 aromatic heterocycles. The van der Waals surface area contributed by atoms with Gasteiger partial charge in [-0.1, -0.05) is 37.3 Å². The predicted octanol–water partition coefficient (Wildman–Crippen LogP) is 3.82. The van der Waals surface area contributed by atoms with Gasteiger partial charge in [0.2, 0.25) is 5.13 Å². The van der Waals surface area contributed by atoms with E-state index >= 15 is 0 Å². The van der Waals surface area contributed by atoms with Crippen LogP contribution in [-0.4, -0.2) is 64.4 Å². The highest BCUT2D eigenvalue weighted by Gasteiger charge is 2.30. The van der Waals surface area contributed by atoms with Gasteiger partial charge in [0, 0.05) is 38.5 Å². The van der Waals surface area contributed by atoms with Crippen LogP contribution in [0.25, 0.3) is 0 Å². The largest absolute Gasteiger partial charge is 0.368 e. The monoisotopic (exact) mass is 447 g/mol. The summed E-state index contributed by atoms with van der Waals surface area (Å²) in [5.74, 6) is 0.661. The zero-order valence-electron chi connectivity index (χ0n) is 17.5. The van der Waals surface area contributed by atoms with Gasteiger partial charge in [0.25, 0.3) is 5.91 Å². The molecule has 1 amide bonds. The van der Waals surface area contributed by atoms with Crippen molar-refractivity contribution in [2.24, 2.45) is 0 Å². The third-order valence-electron chi connectivity index (χ3n) is 5.66. The first-order valence-corrected chi connectivity index (χ1v) is 11.8. The number of ether oxygens (including phenoxy) is 1. The predicted molar refractivity (Wildman–Crippen MR) is 122 cm³/mol. The van der Waals surface area contributed by atoms with Gasteiger partial charge in [0.05, 0.1) is 6.67 Å². The Labute approximate surface area is 186 Å². The minimum absolute atomic E-state index is 0.146. The molecule has 2 aromatic rings. The van der Waals surface area contributed by atoms with E-state index in [0.717, 1.165) is 53.8 Å². The molecule has 1 aromatic carbocycles. The Kier molecular flexibility index (Phi) is 6.82. The highest BCUT2D eigenvalue weighted by Crippen LogP contribution is 2.23. The van der Waals surface area contributed by atoms with Crippen LogP contribution < -0.4 is 5.32 Å². The Morgan fingerprint density at radius 1 is 1.27 bits per heavy atom. The number of anilines is 2. The quantitative estimate of drug-likeness (QED) is 0.680. The molecule has 0 unspecified atom stereocenters. The van der Waals surface area contributed by atoms with E-state index in [-0.39, 0.29) is 12.0 Å². The highest BCUT2D eigenvalue weighted by atomic mass is 32.1. The Hall–Kier alpha value is -1.81. The van der Waals surface area contributed by atoms with Gasteiger partial charge in [0.15, 0.2) is 3.95 Å². The lowest BCUT2D eigenvalue weighted by Crippen LogP contribution is -2.51. The summed E-state index contributed by atoms with van der Waals surface area (Å²) < 4.78 is 8.15. The maximum absolute atomic E-state index is 12.5. The molecule has 4 rings (SSSR count). The number of carbonyl (C=O) groups excluding carboxylic acids is 1. The minimum Gasteiger partial charge on any atom is -0.368 e. The van der Waals surface area contributed by atoms with Gasteiger partial charge in [-0.05, 0) is 48.7 Å². The molecule has 0 bridgehead atoms. The SMILES string of the molecule is CC(C)c1ccc(Nc2nn(CN3CCN(C(=O)[C@@H]4CCCO4)CC3)c(=S)s2)cc1. The zero-order valence-corrected chi connectivity index (χ0v) is 19.2. The van der Waals surface area contributed by atoms with Crippen LogP contribution in [0.3, 0.4) is 0 Å². The minimum atomic E-state index is -0.230. The third-order valence-corrected chi connectivity index (χ3v) is 6.88. The summed E-state index contributed by atoms with van der Waals surface area (Å²) in [6, 6.07) is 8.43. The van der Waals surface area contributed by atoms with Gasteiger partial charge in [-0.3, -0.25) is 9.69 Å². The van der Waals surface area contributed by atoms with Gasteiger partial charge in [0.1, 0.15) is 6.10 Å². The zero-order chi connectivity index (χ0) is 21.1. The molecule has 1 N–H and O–H groups in total. The molecule has 2 aliphatic heterocycles. The number of piperazine rings is 1. The molecule has 0 saturated carbocycles. The Morgan fingerprint density at radius 3 is 2.63 bits per heavy atom. The van der Waals surface area contributed by atoms with Crippen molar-refractivity contribution in [1.82, 2.24) is 19.6 Å². The average Bonchev–Trinajstić information content (AvgIpc) is 3.39. The summed E-state index contributed by atoms with van der Waals surface area (Å²) in [6.45, 7) is 8.81. The first-order valence-electron chi connectivity index (χ1n) is 10.6. The van der Waals surface area contributed by atoms with Crippen LogP contribution in [0.15, 0.2) is 24.3 Å². The molecule has 162 valence electrons. The van der Waals surface area contributed by atoms with E-state index in [1.165, 1.54) is 16.9 Å². The van der Waals surface area contributed by atoms with Crippen LogP contribution >= 0.6 is 23.6 Å². The molecule has 2 saturated heterocycles. The molecular weight excluding hydrogens is 418 g/mol. The summed E-state index contributed by atoms with van der Waals surface area (Å²) >= 11 is 7.00. The Bertz CT molecular complexity index is 910. The third kappa shape index (κ3) is 5.08. The lowest BCUT2D eigenvalue weighted by atomic mass is 10.0. The van der Waals surface area contributed by atoms with E-state index in [9.17, 15) is 4.79 Å². The second kappa shape index (κ2) is 9.55. The summed E-state index contributed by atoms with van der Waals surface area (Å²) in [7, 11) is 0. The molecule has 0 spiro atoms. The van der Waals surface area contributed by atoms with Crippen LogP contribution in [-0.2, 0) is 16.2 Å². The first kappa shape index (κ1) is 21.4. The number of nitrogens with one attached hydrogen (secondary N) is 1. The Balaban J connectivity index is 1.31. The first-order chi connectivity index (χ1) is 14.5. The van der Waals surface area contributed by atoms with E-state index in [4.69, 9.17) is 17.0 Å². The summed E-state index contributed by atoms with van der Waals surface area (Å²) in [5.41, 5.74) is 2.33. The number of hydrogen-bond acceptors (Lipinski definition) is 7. The number of rotatable bonds is 6. The van der Waals surface area contributed by atoms with Crippen molar-refractivity contribution in [3.05, 3.63) is 33.8 Å². The van der Waals surface area contributed by atoms with Gasteiger partial charge < -0.3 is 15.0 Å².